The van der Waals surface area contributed by atoms with E-state index in [1.54, 1.807) is 4.72 Å². The van der Waals surface area contributed by atoms with Crippen LogP contribution in [0.3, 0.4) is 0 Å². The Morgan fingerprint density at radius 2 is 1.59 bits per heavy atom. The number of anilines is 1. The standard InChI is InChI=1S/C12H7F3N2O4S/c13-7-5-8(14)12(9(15)6-7)16-22(20,21)11-4-2-1-3-10(11)17(18)19/h1-6,16H. The van der Waals surface area contributed by atoms with E-state index in [0.29, 0.717) is 0 Å². The molecule has 0 aliphatic rings. The average Bonchev–Trinajstić information content (AvgIpc) is 2.43. The summed E-state index contributed by atoms with van der Waals surface area (Å²) in [5.74, 6) is -4.21. The fourth-order valence-electron chi connectivity index (χ4n) is 1.66. The molecule has 0 spiro atoms. The number of para-hydroxylation sites is 1. The van der Waals surface area contributed by atoms with E-state index in [1.165, 1.54) is 12.1 Å². The van der Waals surface area contributed by atoms with E-state index < -0.39 is 48.7 Å². The number of halogens is 3. The largest absolute Gasteiger partial charge is 0.289 e. The minimum Gasteiger partial charge on any atom is -0.274 e. The van der Waals surface area contributed by atoms with Crippen molar-refractivity contribution in [1.82, 2.24) is 0 Å². The summed E-state index contributed by atoms with van der Waals surface area (Å²) in [7, 11) is -4.64. The van der Waals surface area contributed by atoms with Crippen LogP contribution in [0.25, 0.3) is 0 Å². The molecule has 0 bridgehead atoms. The van der Waals surface area contributed by atoms with E-state index in [9.17, 15) is 31.7 Å². The molecule has 0 saturated carbocycles. The first kappa shape index (κ1) is 15.8. The quantitative estimate of drug-likeness (QED) is 0.689. The van der Waals surface area contributed by atoms with Crippen molar-refractivity contribution in [3.8, 4) is 0 Å². The van der Waals surface area contributed by atoms with Crippen molar-refractivity contribution < 1.29 is 26.5 Å². The third-order valence-corrected chi connectivity index (χ3v) is 3.99. The Labute approximate surface area is 122 Å². The number of hydrogen-bond donors (Lipinski definition) is 1. The maximum absolute atomic E-state index is 13.5. The molecule has 0 saturated heterocycles. The van der Waals surface area contributed by atoms with Crippen molar-refractivity contribution in [2.45, 2.75) is 4.90 Å². The van der Waals surface area contributed by atoms with E-state index >= 15 is 0 Å². The van der Waals surface area contributed by atoms with Gasteiger partial charge in [0.15, 0.2) is 16.5 Å². The fourth-order valence-corrected chi connectivity index (χ4v) is 2.91. The van der Waals surface area contributed by atoms with Crippen molar-refractivity contribution >= 4 is 21.4 Å². The number of sulfonamides is 1. The molecule has 1 N–H and O–H groups in total. The van der Waals surface area contributed by atoms with E-state index in [4.69, 9.17) is 0 Å². The third-order valence-electron chi connectivity index (χ3n) is 2.59. The summed E-state index contributed by atoms with van der Waals surface area (Å²) in [4.78, 5) is 9.09. The zero-order valence-electron chi connectivity index (χ0n) is 10.6. The number of hydrogen-bond acceptors (Lipinski definition) is 4. The Hall–Kier alpha value is -2.62. The Kier molecular flexibility index (Phi) is 4.04. The van der Waals surface area contributed by atoms with Crippen LogP contribution in [-0.4, -0.2) is 13.3 Å². The Morgan fingerprint density at radius 1 is 1.05 bits per heavy atom. The number of nitro benzene ring substituents is 1. The van der Waals surface area contributed by atoms with Crippen LogP contribution in [0.1, 0.15) is 0 Å². The maximum atomic E-state index is 13.5. The molecule has 0 fully saturated rings. The lowest BCUT2D eigenvalue weighted by atomic mass is 10.3. The van der Waals surface area contributed by atoms with Gasteiger partial charge in [0.2, 0.25) is 0 Å². The van der Waals surface area contributed by atoms with Crippen LogP contribution in [0.4, 0.5) is 24.5 Å². The smallest absolute Gasteiger partial charge is 0.274 e. The lowest BCUT2D eigenvalue weighted by Crippen LogP contribution is -2.16. The number of benzene rings is 2. The topological polar surface area (TPSA) is 89.3 Å². The molecule has 22 heavy (non-hydrogen) atoms. The van der Waals surface area contributed by atoms with Crippen molar-refractivity contribution in [2.75, 3.05) is 4.72 Å². The van der Waals surface area contributed by atoms with E-state index in [2.05, 4.69) is 0 Å². The predicted molar refractivity (Wildman–Crippen MR) is 70.2 cm³/mol. The molecule has 6 nitrogen and oxygen atoms in total. The molecule has 0 unspecified atom stereocenters. The van der Waals surface area contributed by atoms with Crippen molar-refractivity contribution in [3.63, 3.8) is 0 Å². The second-order valence-electron chi connectivity index (χ2n) is 4.07. The molecule has 0 atom stereocenters. The Morgan fingerprint density at radius 3 is 2.14 bits per heavy atom. The molecule has 2 aromatic carbocycles. The molecule has 10 heteroatoms. The molecule has 0 heterocycles. The van der Waals surface area contributed by atoms with Gasteiger partial charge >= 0.3 is 0 Å². The summed E-state index contributed by atoms with van der Waals surface area (Å²) in [6, 6.07) is 4.82. The average molecular weight is 332 g/mol. The Balaban J connectivity index is 2.52. The molecule has 0 aliphatic carbocycles. The van der Waals surface area contributed by atoms with Gasteiger partial charge in [-0.1, -0.05) is 12.1 Å². The Bertz CT molecular complexity index is 832. The zero-order valence-corrected chi connectivity index (χ0v) is 11.4. The molecule has 116 valence electrons. The summed E-state index contributed by atoms with van der Waals surface area (Å²) in [6.45, 7) is 0. The lowest BCUT2D eigenvalue weighted by molar-refractivity contribution is -0.387. The van der Waals surface area contributed by atoms with Gasteiger partial charge in [0.1, 0.15) is 11.5 Å². The summed E-state index contributed by atoms with van der Waals surface area (Å²) in [5.41, 5.74) is -1.89. The van der Waals surface area contributed by atoms with Crippen LogP contribution >= 0.6 is 0 Å². The summed E-state index contributed by atoms with van der Waals surface area (Å²) in [5, 5.41) is 10.8. The number of nitrogens with one attached hydrogen (secondary N) is 1. The monoisotopic (exact) mass is 332 g/mol. The summed E-state index contributed by atoms with van der Waals surface area (Å²) >= 11 is 0. The van der Waals surface area contributed by atoms with E-state index in [1.807, 2.05) is 0 Å². The molecule has 0 aromatic heterocycles. The molecule has 0 aliphatic heterocycles. The van der Waals surface area contributed by atoms with E-state index in [-0.39, 0.29) is 12.1 Å². The third kappa shape index (κ3) is 3.01. The highest BCUT2D eigenvalue weighted by Crippen LogP contribution is 2.28. The molecular weight excluding hydrogens is 325 g/mol. The van der Waals surface area contributed by atoms with Crippen LogP contribution in [0.5, 0.6) is 0 Å². The van der Waals surface area contributed by atoms with Crippen LogP contribution in [-0.2, 0) is 10.0 Å². The minimum absolute atomic E-state index is 0.278. The lowest BCUT2D eigenvalue weighted by Gasteiger charge is -2.10. The van der Waals surface area contributed by atoms with Gasteiger partial charge in [0, 0.05) is 18.2 Å². The molecule has 2 rings (SSSR count). The second kappa shape index (κ2) is 5.64. The number of nitro groups is 1. The normalized spacial score (nSPS) is 11.2. The molecule has 0 radical (unpaired) electrons. The highest BCUT2D eigenvalue weighted by molar-refractivity contribution is 7.92. The molecule has 2 aromatic rings. The first-order valence-corrected chi connectivity index (χ1v) is 7.11. The molecule has 0 amide bonds. The van der Waals surface area contributed by atoms with Gasteiger partial charge in [-0.2, -0.15) is 0 Å². The van der Waals surface area contributed by atoms with Crippen LogP contribution in [0, 0.1) is 27.6 Å². The highest BCUT2D eigenvalue weighted by Gasteiger charge is 2.27. The van der Waals surface area contributed by atoms with Gasteiger partial charge in [-0.15, -0.1) is 0 Å². The van der Waals surface area contributed by atoms with Crippen LogP contribution in [0.15, 0.2) is 41.3 Å². The van der Waals surface area contributed by atoms with Crippen molar-refractivity contribution in [1.29, 1.82) is 0 Å². The van der Waals surface area contributed by atoms with Crippen LogP contribution < -0.4 is 4.72 Å². The fraction of sp³-hybridized carbons (Fsp3) is 0. The van der Waals surface area contributed by atoms with Gasteiger partial charge in [-0.25, -0.2) is 21.6 Å². The first-order valence-electron chi connectivity index (χ1n) is 5.63. The van der Waals surface area contributed by atoms with Crippen LogP contribution in [0.2, 0.25) is 0 Å². The zero-order chi connectivity index (χ0) is 16.5. The minimum atomic E-state index is -4.64. The van der Waals surface area contributed by atoms with E-state index in [0.717, 1.165) is 12.1 Å². The van der Waals surface area contributed by atoms with Crippen molar-refractivity contribution in [2.24, 2.45) is 0 Å². The summed E-state index contributed by atoms with van der Waals surface area (Å²) < 4.78 is 65.4. The molecular formula is C12H7F3N2O4S. The second-order valence-corrected chi connectivity index (χ2v) is 5.73. The predicted octanol–water partition coefficient (Wildman–Crippen LogP) is 2.81. The summed E-state index contributed by atoms with van der Waals surface area (Å²) in [6.07, 6.45) is 0. The first-order chi connectivity index (χ1) is 10.2. The van der Waals surface area contributed by atoms with Gasteiger partial charge in [0.25, 0.3) is 15.7 Å². The van der Waals surface area contributed by atoms with Gasteiger partial charge in [-0.05, 0) is 6.07 Å². The van der Waals surface area contributed by atoms with Gasteiger partial charge in [0.05, 0.1) is 4.92 Å². The SMILES string of the molecule is O=[N+]([O-])c1ccccc1S(=O)(=O)Nc1c(F)cc(F)cc1F. The van der Waals surface area contributed by atoms with Gasteiger partial charge < -0.3 is 0 Å². The van der Waals surface area contributed by atoms with Crippen molar-refractivity contribution in [3.05, 3.63) is 64.0 Å². The number of nitrogens with zero attached hydrogens (tertiary/aromatic N) is 1. The number of rotatable bonds is 4. The highest BCUT2D eigenvalue weighted by atomic mass is 32.2. The maximum Gasteiger partial charge on any atom is 0.289 e. The van der Waals surface area contributed by atoms with Gasteiger partial charge in [-0.3, -0.25) is 14.8 Å².